The summed E-state index contributed by atoms with van der Waals surface area (Å²) in [6.45, 7) is 2.11. The molecule has 32 heavy (non-hydrogen) atoms. The smallest absolute Gasteiger partial charge is 0.258 e. The summed E-state index contributed by atoms with van der Waals surface area (Å²) in [6, 6.07) is 21.3. The van der Waals surface area contributed by atoms with Gasteiger partial charge in [0.15, 0.2) is 0 Å². The van der Waals surface area contributed by atoms with Gasteiger partial charge in [0.05, 0.1) is 10.9 Å². The first-order valence-electron chi connectivity index (χ1n) is 10.2. The van der Waals surface area contributed by atoms with Crippen molar-refractivity contribution in [3.63, 3.8) is 0 Å². The molecule has 0 saturated heterocycles. The second-order valence-corrected chi connectivity index (χ2v) is 9.27. The SMILES string of the molecule is C[C@H](NS(=O)(=O)c1ccccc1)C(=O)Nc1ccc(C(=O)N2CCc3ccccc32)cc1. The summed E-state index contributed by atoms with van der Waals surface area (Å²) >= 11 is 0. The van der Waals surface area contributed by atoms with Crippen LogP contribution in [0.25, 0.3) is 0 Å². The molecule has 0 saturated carbocycles. The lowest BCUT2D eigenvalue weighted by Gasteiger charge is -2.18. The Balaban J connectivity index is 1.39. The Hall–Kier alpha value is -3.49. The number of nitrogens with one attached hydrogen (secondary N) is 2. The highest BCUT2D eigenvalue weighted by atomic mass is 32.2. The first-order valence-corrected chi connectivity index (χ1v) is 11.7. The predicted molar refractivity (Wildman–Crippen MR) is 123 cm³/mol. The summed E-state index contributed by atoms with van der Waals surface area (Å²) in [5, 5.41) is 2.68. The van der Waals surface area contributed by atoms with Crippen molar-refractivity contribution in [1.29, 1.82) is 0 Å². The van der Waals surface area contributed by atoms with Crippen LogP contribution in [0.15, 0.2) is 83.8 Å². The van der Waals surface area contributed by atoms with Crippen molar-refractivity contribution in [2.45, 2.75) is 24.3 Å². The van der Waals surface area contributed by atoms with Crippen LogP contribution in [0.2, 0.25) is 0 Å². The largest absolute Gasteiger partial charge is 0.325 e. The number of hydrogen-bond donors (Lipinski definition) is 2. The van der Waals surface area contributed by atoms with Gasteiger partial charge >= 0.3 is 0 Å². The number of para-hydroxylation sites is 1. The Labute approximate surface area is 187 Å². The molecule has 0 unspecified atom stereocenters. The zero-order valence-electron chi connectivity index (χ0n) is 17.5. The van der Waals surface area contributed by atoms with Gasteiger partial charge in [0.1, 0.15) is 0 Å². The number of carbonyl (C=O) groups is 2. The van der Waals surface area contributed by atoms with Crippen LogP contribution in [0.4, 0.5) is 11.4 Å². The quantitative estimate of drug-likeness (QED) is 0.604. The highest BCUT2D eigenvalue weighted by molar-refractivity contribution is 7.89. The lowest BCUT2D eigenvalue weighted by Crippen LogP contribution is -2.41. The van der Waals surface area contributed by atoms with Gasteiger partial charge in [-0.2, -0.15) is 4.72 Å². The first-order chi connectivity index (χ1) is 15.3. The molecule has 4 rings (SSSR count). The lowest BCUT2D eigenvalue weighted by atomic mass is 10.1. The molecule has 0 aromatic heterocycles. The molecule has 164 valence electrons. The molecular formula is C24H23N3O4S. The number of benzene rings is 3. The second-order valence-electron chi connectivity index (χ2n) is 7.56. The number of sulfonamides is 1. The van der Waals surface area contributed by atoms with Crippen LogP contribution in [0.3, 0.4) is 0 Å². The van der Waals surface area contributed by atoms with Crippen LogP contribution >= 0.6 is 0 Å². The van der Waals surface area contributed by atoms with E-state index in [1.54, 1.807) is 47.4 Å². The molecular weight excluding hydrogens is 426 g/mol. The number of amides is 2. The number of nitrogens with zero attached hydrogens (tertiary/aromatic N) is 1. The fraction of sp³-hybridized carbons (Fsp3) is 0.167. The Bertz CT molecular complexity index is 1240. The molecule has 0 radical (unpaired) electrons. The van der Waals surface area contributed by atoms with Crippen LogP contribution in [0.5, 0.6) is 0 Å². The van der Waals surface area contributed by atoms with E-state index in [0.29, 0.717) is 17.8 Å². The monoisotopic (exact) mass is 449 g/mol. The number of carbonyl (C=O) groups excluding carboxylic acids is 2. The van der Waals surface area contributed by atoms with E-state index in [9.17, 15) is 18.0 Å². The van der Waals surface area contributed by atoms with Gasteiger partial charge in [-0.25, -0.2) is 8.42 Å². The van der Waals surface area contributed by atoms with Crippen LogP contribution in [-0.4, -0.2) is 32.8 Å². The molecule has 1 aliphatic rings. The van der Waals surface area contributed by atoms with Gasteiger partial charge in [0, 0.05) is 23.5 Å². The third kappa shape index (κ3) is 4.56. The minimum absolute atomic E-state index is 0.0889. The summed E-state index contributed by atoms with van der Waals surface area (Å²) in [7, 11) is -3.81. The third-order valence-corrected chi connectivity index (χ3v) is 6.87. The maximum atomic E-state index is 12.9. The molecule has 0 bridgehead atoms. The van der Waals surface area contributed by atoms with Crippen molar-refractivity contribution in [3.8, 4) is 0 Å². The van der Waals surface area contributed by atoms with Crippen molar-refractivity contribution in [2.75, 3.05) is 16.8 Å². The molecule has 0 fully saturated rings. The Morgan fingerprint density at radius 1 is 0.906 bits per heavy atom. The van der Waals surface area contributed by atoms with E-state index in [0.717, 1.165) is 17.7 Å². The van der Waals surface area contributed by atoms with Gasteiger partial charge in [-0.3, -0.25) is 9.59 Å². The molecule has 1 atom stereocenters. The van der Waals surface area contributed by atoms with E-state index < -0.39 is 22.0 Å². The molecule has 8 heteroatoms. The van der Waals surface area contributed by atoms with E-state index in [4.69, 9.17) is 0 Å². The number of anilines is 2. The maximum Gasteiger partial charge on any atom is 0.258 e. The average molecular weight is 450 g/mol. The van der Waals surface area contributed by atoms with Crippen LogP contribution in [0, 0.1) is 0 Å². The summed E-state index contributed by atoms with van der Waals surface area (Å²) in [6.07, 6.45) is 0.826. The normalized spacial score (nSPS) is 14.0. The zero-order chi connectivity index (χ0) is 22.7. The summed E-state index contributed by atoms with van der Waals surface area (Å²) < 4.78 is 27.2. The average Bonchev–Trinajstić information content (AvgIpc) is 3.23. The maximum absolute atomic E-state index is 12.9. The van der Waals surface area contributed by atoms with Gasteiger partial charge in [-0.15, -0.1) is 0 Å². The molecule has 1 aliphatic heterocycles. The van der Waals surface area contributed by atoms with E-state index in [1.165, 1.54) is 19.1 Å². The lowest BCUT2D eigenvalue weighted by molar-refractivity contribution is -0.117. The highest BCUT2D eigenvalue weighted by Gasteiger charge is 2.25. The Morgan fingerprint density at radius 2 is 1.56 bits per heavy atom. The van der Waals surface area contributed by atoms with E-state index in [2.05, 4.69) is 10.0 Å². The highest BCUT2D eigenvalue weighted by Crippen LogP contribution is 2.29. The fourth-order valence-corrected chi connectivity index (χ4v) is 4.83. The van der Waals surface area contributed by atoms with Crippen molar-refractivity contribution in [2.24, 2.45) is 0 Å². The molecule has 7 nitrogen and oxygen atoms in total. The topological polar surface area (TPSA) is 95.6 Å². The zero-order valence-corrected chi connectivity index (χ0v) is 18.3. The molecule has 3 aromatic carbocycles. The van der Waals surface area contributed by atoms with Gasteiger partial charge in [0.2, 0.25) is 15.9 Å². The van der Waals surface area contributed by atoms with Crippen molar-refractivity contribution in [3.05, 3.63) is 90.0 Å². The Morgan fingerprint density at radius 3 is 2.28 bits per heavy atom. The first kappa shape index (κ1) is 21.7. The Kier molecular flexibility index (Phi) is 6.07. The van der Waals surface area contributed by atoms with Gasteiger partial charge < -0.3 is 10.2 Å². The predicted octanol–water partition coefficient (Wildman–Crippen LogP) is 3.20. The van der Waals surface area contributed by atoms with E-state index in [-0.39, 0.29) is 10.8 Å². The number of fused-ring (bicyclic) bond motifs is 1. The summed E-state index contributed by atoms with van der Waals surface area (Å²) in [5.74, 6) is -0.603. The number of hydrogen-bond acceptors (Lipinski definition) is 4. The van der Waals surface area contributed by atoms with E-state index in [1.807, 2.05) is 24.3 Å². The summed E-state index contributed by atoms with van der Waals surface area (Å²) in [4.78, 5) is 27.2. The minimum atomic E-state index is -3.81. The van der Waals surface area contributed by atoms with E-state index >= 15 is 0 Å². The fourth-order valence-electron chi connectivity index (χ4n) is 3.61. The van der Waals surface area contributed by atoms with Gasteiger partial charge in [-0.05, 0) is 61.4 Å². The molecule has 0 spiro atoms. The summed E-state index contributed by atoms with van der Waals surface area (Å²) in [5.41, 5.74) is 3.06. The third-order valence-electron chi connectivity index (χ3n) is 5.31. The van der Waals surface area contributed by atoms with Gasteiger partial charge in [0.25, 0.3) is 5.91 Å². The molecule has 3 aromatic rings. The molecule has 1 heterocycles. The van der Waals surface area contributed by atoms with Crippen molar-refractivity contribution >= 4 is 33.2 Å². The van der Waals surface area contributed by atoms with Crippen LogP contribution in [-0.2, 0) is 21.2 Å². The van der Waals surface area contributed by atoms with Crippen LogP contribution < -0.4 is 14.9 Å². The second kappa shape index (κ2) is 8.94. The number of rotatable bonds is 6. The van der Waals surface area contributed by atoms with Gasteiger partial charge in [-0.1, -0.05) is 36.4 Å². The minimum Gasteiger partial charge on any atom is -0.325 e. The van der Waals surface area contributed by atoms with Crippen LogP contribution in [0.1, 0.15) is 22.8 Å². The molecule has 2 amide bonds. The molecule has 2 N–H and O–H groups in total. The molecule has 0 aliphatic carbocycles. The van der Waals surface area contributed by atoms with Crippen molar-refractivity contribution in [1.82, 2.24) is 4.72 Å². The van der Waals surface area contributed by atoms with Crippen molar-refractivity contribution < 1.29 is 18.0 Å². The standard InChI is InChI=1S/C24H23N3O4S/c1-17(26-32(30,31)21-8-3-2-4-9-21)23(28)25-20-13-11-19(12-14-20)24(29)27-16-15-18-7-5-6-10-22(18)27/h2-14,17,26H,15-16H2,1H3,(H,25,28)/t17-/m0/s1.